The Kier molecular flexibility index (Phi) is 6.10. The van der Waals surface area contributed by atoms with E-state index < -0.39 is 24.4 Å². The molecule has 148 valence electrons. The smallest absolute Gasteiger partial charge is 0.435 e. The van der Waals surface area contributed by atoms with Gasteiger partial charge in [0.05, 0.1) is 10.7 Å². The maximum atomic E-state index is 13.1. The molecule has 0 saturated carbocycles. The van der Waals surface area contributed by atoms with Crippen LogP contribution in [0.4, 0.5) is 18.3 Å². The van der Waals surface area contributed by atoms with Crippen LogP contribution in [0.15, 0.2) is 34.7 Å². The SMILES string of the molecule is CSc1nnc(NC(=O)COc2cc(C(F)(F)F)nn2-c2ccccc2Cl)s1. The zero-order valence-corrected chi connectivity index (χ0v) is 16.4. The molecule has 0 fully saturated rings. The van der Waals surface area contributed by atoms with Gasteiger partial charge in [-0.25, -0.2) is 0 Å². The van der Waals surface area contributed by atoms with Gasteiger partial charge in [0.1, 0.15) is 0 Å². The van der Waals surface area contributed by atoms with Crippen molar-refractivity contribution in [2.75, 3.05) is 18.2 Å². The number of benzene rings is 1. The van der Waals surface area contributed by atoms with Crippen molar-refractivity contribution in [3.63, 3.8) is 0 Å². The summed E-state index contributed by atoms with van der Waals surface area (Å²) in [5.41, 5.74) is -0.986. The molecule has 1 amide bonds. The molecule has 0 aliphatic heterocycles. The summed E-state index contributed by atoms with van der Waals surface area (Å²) in [6.07, 6.45) is -2.88. The predicted octanol–water partition coefficient (Wildman–Crippen LogP) is 4.14. The largest absolute Gasteiger partial charge is 0.467 e. The second kappa shape index (κ2) is 8.37. The molecule has 3 rings (SSSR count). The number of para-hydroxylation sites is 1. The van der Waals surface area contributed by atoms with E-state index in [0.717, 1.165) is 16.0 Å². The molecule has 28 heavy (non-hydrogen) atoms. The minimum atomic E-state index is -4.69. The number of alkyl halides is 3. The second-order valence-corrected chi connectivity index (χ2v) is 7.58. The molecule has 0 bridgehead atoms. The van der Waals surface area contributed by atoms with E-state index in [1.165, 1.54) is 23.9 Å². The number of nitrogens with zero attached hydrogens (tertiary/aromatic N) is 4. The highest BCUT2D eigenvalue weighted by Crippen LogP contribution is 2.33. The number of hydrogen-bond acceptors (Lipinski definition) is 7. The number of anilines is 1. The normalized spacial score (nSPS) is 11.5. The first kappa shape index (κ1) is 20.4. The van der Waals surface area contributed by atoms with E-state index in [-0.39, 0.29) is 21.7 Å². The molecular weight excluding hydrogens is 439 g/mol. The Balaban J connectivity index is 1.79. The van der Waals surface area contributed by atoms with E-state index in [9.17, 15) is 18.0 Å². The van der Waals surface area contributed by atoms with Gasteiger partial charge in [0.25, 0.3) is 5.91 Å². The molecule has 7 nitrogen and oxygen atoms in total. The number of hydrogen-bond donors (Lipinski definition) is 1. The topological polar surface area (TPSA) is 81.9 Å². The Morgan fingerprint density at radius 3 is 2.75 bits per heavy atom. The first-order valence-electron chi connectivity index (χ1n) is 7.50. The minimum Gasteiger partial charge on any atom is -0.467 e. The Hall–Kier alpha value is -2.31. The van der Waals surface area contributed by atoms with Crippen molar-refractivity contribution in [2.24, 2.45) is 0 Å². The molecular formula is C15H11ClF3N5O2S2. The maximum absolute atomic E-state index is 13.1. The van der Waals surface area contributed by atoms with E-state index in [1.54, 1.807) is 12.1 Å². The standard InChI is InChI=1S/C15H11ClF3N5O2S2/c1-27-14-22-21-13(28-14)20-11(25)7-26-12-6-10(15(17,18)19)23-24(12)9-5-3-2-4-8(9)16/h2-6H,7H2,1H3,(H,20,21,25). The van der Waals surface area contributed by atoms with Gasteiger partial charge in [0.15, 0.2) is 16.6 Å². The molecule has 0 atom stereocenters. The lowest BCUT2D eigenvalue weighted by atomic mass is 10.3. The van der Waals surface area contributed by atoms with Crippen LogP contribution >= 0.6 is 34.7 Å². The van der Waals surface area contributed by atoms with Crippen LogP contribution in [0.1, 0.15) is 5.69 Å². The summed E-state index contributed by atoms with van der Waals surface area (Å²) in [5.74, 6) is -0.887. The molecule has 0 saturated heterocycles. The highest BCUT2D eigenvalue weighted by molar-refractivity contribution is 8.00. The third kappa shape index (κ3) is 4.75. The molecule has 0 aliphatic carbocycles. The van der Waals surface area contributed by atoms with E-state index in [4.69, 9.17) is 16.3 Å². The summed E-state index contributed by atoms with van der Waals surface area (Å²) in [6.45, 7) is -0.554. The lowest BCUT2D eigenvalue weighted by Gasteiger charge is -2.10. The second-order valence-electron chi connectivity index (χ2n) is 5.14. The van der Waals surface area contributed by atoms with E-state index in [0.29, 0.717) is 10.4 Å². The van der Waals surface area contributed by atoms with Crippen LogP contribution < -0.4 is 10.1 Å². The maximum Gasteiger partial charge on any atom is 0.435 e. The van der Waals surface area contributed by atoms with Gasteiger partial charge >= 0.3 is 6.18 Å². The molecule has 0 aliphatic rings. The van der Waals surface area contributed by atoms with Crippen molar-refractivity contribution in [1.29, 1.82) is 0 Å². The summed E-state index contributed by atoms with van der Waals surface area (Å²) in [4.78, 5) is 12.0. The van der Waals surface area contributed by atoms with Crippen molar-refractivity contribution in [1.82, 2.24) is 20.0 Å². The molecule has 0 spiro atoms. The first-order chi connectivity index (χ1) is 13.3. The predicted molar refractivity (Wildman–Crippen MR) is 99.4 cm³/mol. The average molecular weight is 450 g/mol. The van der Waals surface area contributed by atoms with Crippen LogP contribution in [0.25, 0.3) is 5.69 Å². The van der Waals surface area contributed by atoms with Gasteiger partial charge in [-0.2, -0.15) is 23.0 Å². The zero-order chi connectivity index (χ0) is 20.3. The molecule has 2 heterocycles. The molecule has 1 aromatic carbocycles. The first-order valence-corrected chi connectivity index (χ1v) is 9.92. The molecule has 2 aromatic heterocycles. The Bertz CT molecular complexity index is 992. The van der Waals surface area contributed by atoms with Crippen molar-refractivity contribution in [2.45, 2.75) is 10.5 Å². The number of ether oxygens (including phenoxy) is 1. The number of amides is 1. The number of thioether (sulfide) groups is 1. The van der Waals surface area contributed by atoms with Crippen LogP contribution in [0.3, 0.4) is 0 Å². The van der Waals surface area contributed by atoms with Crippen LogP contribution in [0, 0.1) is 0 Å². The van der Waals surface area contributed by atoms with Crippen molar-refractivity contribution < 1.29 is 22.7 Å². The fourth-order valence-corrected chi connectivity index (χ4v) is 3.44. The van der Waals surface area contributed by atoms with E-state index in [1.807, 2.05) is 6.26 Å². The van der Waals surface area contributed by atoms with Crippen molar-refractivity contribution in [3.8, 4) is 11.6 Å². The third-order valence-electron chi connectivity index (χ3n) is 3.23. The van der Waals surface area contributed by atoms with Crippen LogP contribution in [0.2, 0.25) is 5.02 Å². The van der Waals surface area contributed by atoms with Crippen LogP contribution in [-0.2, 0) is 11.0 Å². The molecule has 0 radical (unpaired) electrons. The van der Waals surface area contributed by atoms with Gasteiger partial charge in [0.2, 0.25) is 11.0 Å². The molecule has 0 unspecified atom stereocenters. The van der Waals surface area contributed by atoms with Gasteiger partial charge < -0.3 is 4.74 Å². The highest BCUT2D eigenvalue weighted by Gasteiger charge is 2.36. The van der Waals surface area contributed by atoms with E-state index in [2.05, 4.69) is 20.6 Å². The lowest BCUT2D eigenvalue weighted by Crippen LogP contribution is -2.21. The summed E-state index contributed by atoms with van der Waals surface area (Å²) in [5, 5.41) is 14.0. The summed E-state index contributed by atoms with van der Waals surface area (Å²) < 4.78 is 46.0. The van der Waals surface area contributed by atoms with Crippen LogP contribution in [-0.4, -0.2) is 38.7 Å². The summed E-state index contributed by atoms with van der Waals surface area (Å²) in [7, 11) is 0. The number of carbonyl (C=O) groups excluding carboxylic acids is 1. The average Bonchev–Trinajstić information content (AvgIpc) is 3.27. The fourth-order valence-electron chi connectivity index (χ4n) is 2.04. The van der Waals surface area contributed by atoms with Gasteiger partial charge in [-0.3, -0.25) is 10.1 Å². The summed E-state index contributed by atoms with van der Waals surface area (Å²) >= 11 is 8.57. The number of rotatable bonds is 6. The molecule has 1 N–H and O–H groups in total. The quantitative estimate of drug-likeness (QED) is 0.450. The highest BCUT2D eigenvalue weighted by atomic mass is 35.5. The molecule has 13 heteroatoms. The zero-order valence-electron chi connectivity index (χ0n) is 14.0. The Morgan fingerprint density at radius 2 is 2.11 bits per heavy atom. The minimum absolute atomic E-state index is 0.173. The van der Waals surface area contributed by atoms with Gasteiger partial charge in [-0.15, -0.1) is 10.2 Å². The lowest BCUT2D eigenvalue weighted by molar-refractivity contribution is -0.141. The fraction of sp³-hybridized carbons (Fsp3) is 0.200. The summed E-state index contributed by atoms with van der Waals surface area (Å²) in [6, 6.07) is 6.90. The van der Waals surface area contributed by atoms with Gasteiger partial charge in [-0.05, 0) is 18.4 Å². The Morgan fingerprint density at radius 1 is 1.36 bits per heavy atom. The van der Waals surface area contributed by atoms with Gasteiger partial charge in [-0.1, -0.05) is 46.8 Å². The van der Waals surface area contributed by atoms with Crippen molar-refractivity contribution in [3.05, 3.63) is 41.0 Å². The van der Waals surface area contributed by atoms with Crippen molar-refractivity contribution >= 4 is 45.7 Å². The molecule has 3 aromatic rings. The Labute approximate surface area is 169 Å². The third-order valence-corrected chi connectivity index (χ3v) is 5.36. The number of nitrogens with one attached hydrogen (secondary N) is 1. The number of halogens is 4. The van der Waals surface area contributed by atoms with Crippen LogP contribution in [0.5, 0.6) is 5.88 Å². The van der Waals surface area contributed by atoms with E-state index >= 15 is 0 Å². The monoisotopic (exact) mass is 449 g/mol. The van der Waals surface area contributed by atoms with Gasteiger partial charge in [0, 0.05) is 6.07 Å². The number of aromatic nitrogens is 4. The number of carbonyl (C=O) groups is 1.